The molecule has 0 bridgehead atoms. The summed E-state index contributed by atoms with van der Waals surface area (Å²) in [7, 11) is 0. The largest absolute Gasteiger partial charge is 0.487 e. The Balaban J connectivity index is 2.12. The first-order chi connectivity index (χ1) is 9.08. The van der Waals surface area contributed by atoms with Gasteiger partial charge in [0.25, 0.3) is 0 Å². The van der Waals surface area contributed by atoms with Crippen molar-refractivity contribution in [1.82, 2.24) is 4.98 Å². The fourth-order valence-corrected chi connectivity index (χ4v) is 1.66. The van der Waals surface area contributed by atoms with Crippen molar-refractivity contribution in [3.05, 3.63) is 52.8 Å². The number of anilines is 1. The van der Waals surface area contributed by atoms with Gasteiger partial charge in [-0.3, -0.25) is 4.98 Å². The summed E-state index contributed by atoms with van der Waals surface area (Å²) in [6, 6.07) is 6.05. The van der Waals surface area contributed by atoms with Crippen molar-refractivity contribution < 1.29 is 14.6 Å². The molecule has 0 aliphatic carbocycles. The number of nitrogen functional groups attached to an aromatic ring is 1. The first-order valence-electron chi connectivity index (χ1n) is 5.42. The van der Waals surface area contributed by atoms with Crippen molar-refractivity contribution in [3.63, 3.8) is 0 Å². The zero-order chi connectivity index (χ0) is 13.8. The Hall–Kier alpha value is -2.27. The molecular weight excluding hydrogens is 268 g/mol. The lowest BCUT2D eigenvalue weighted by Crippen LogP contribution is -2.02. The van der Waals surface area contributed by atoms with Crippen molar-refractivity contribution in [2.45, 2.75) is 6.61 Å². The number of benzene rings is 1. The maximum absolute atomic E-state index is 10.8. The Bertz CT molecular complexity index is 617. The van der Waals surface area contributed by atoms with E-state index in [4.69, 9.17) is 27.2 Å². The lowest BCUT2D eigenvalue weighted by Gasteiger charge is -2.10. The molecule has 0 saturated carbocycles. The number of pyridine rings is 1. The van der Waals surface area contributed by atoms with Gasteiger partial charge in [0.1, 0.15) is 12.4 Å². The molecule has 1 heterocycles. The first kappa shape index (κ1) is 13.2. The fourth-order valence-electron chi connectivity index (χ4n) is 1.49. The number of nitrogens with zero attached hydrogens (tertiary/aromatic N) is 1. The minimum atomic E-state index is -1.03. The van der Waals surface area contributed by atoms with Crippen LogP contribution in [0.2, 0.25) is 5.02 Å². The number of hydrogen-bond donors (Lipinski definition) is 2. The van der Waals surface area contributed by atoms with Crippen LogP contribution in [0.5, 0.6) is 5.75 Å². The Morgan fingerprint density at radius 3 is 2.84 bits per heavy atom. The third-order valence-corrected chi connectivity index (χ3v) is 2.84. The molecule has 0 unspecified atom stereocenters. The van der Waals surface area contributed by atoms with Gasteiger partial charge in [-0.1, -0.05) is 11.6 Å². The maximum atomic E-state index is 10.8. The molecule has 19 heavy (non-hydrogen) atoms. The summed E-state index contributed by atoms with van der Waals surface area (Å²) >= 11 is 5.95. The van der Waals surface area contributed by atoms with E-state index < -0.39 is 5.97 Å². The Morgan fingerprint density at radius 1 is 1.42 bits per heavy atom. The quantitative estimate of drug-likeness (QED) is 0.840. The van der Waals surface area contributed by atoms with Gasteiger partial charge in [0.15, 0.2) is 0 Å². The van der Waals surface area contributed by atoms with Gasteiger partial charge in [-0.15, -0.1) is 0 Å². The van der Waals surface area contributed by atoms with Crippen LogP contribution in [-0.4, -0.2) is 16.1 Å². The lowest BCUT2D eigenvalue weighted by molar-refractivity contribution is 0.0697. The van der Waals surface area contributed by atoms with Gasteiger partial charge in [-0.2, -0.15) is 0 Å². The summed E-state index contributed by atoms with van der Waals surface area (Å²) in [5.74, 6) is -0.617. The van der Waals surface area contributed by atoms with Gasteiger partial charge in [-0.25, -0.2) is 4.79 Å². The van der Waals surface area contributed by atoms with E-state index in [0.29, 0.717) is 10.8 Å². The third-order valence-electron chi connectivity index (χ3n) is 2.50. The summed E-state index contributed by atoms with van der Waals surface area (Å²) in [6.07, 6.45) is 3.14. The molecule has 0 amide bonds. The van der Waals surface area contributed by atoms with Crippen LogP contribution in [0.25, 0.3) is 0 Å². The van der Waals surface area contributed by atoms with E-state index in [1.54, 1.807) is 12.3 Å². The van der Waals surface area contributed by atoms with Gasteiger partial charge >= 0.3 is 5.97 Å². The highest BCUT2D eigenvalue weighted by atomic mass is 35.5. The molecule has 0 fully saturated rings. The maximum Gasteiger partial charge on any atom is 0.335 e. The molecule has 5 nitrogen and oxygen atoms in total. The van der Waals surface area contributed by atoms with E-state index in [0.717, 1.165) is 5.56 Å². The minimum Gasteiger partial charge on any atom is -0.487 e. The number of halogens is 1. The van der Waals surface area contributed by atoms with Gasteiger partial charge in [0, 0.05) is 18.0 Å². The molecule has 3 N–H and O–H groups in total. The van der Waals surface area contributed by atoms with Crippen molar-refractivity contribution in [2.24, 2.45) is 0 Å². The summed E-state index contributed by atoms with van der Waals surface area (Å²) < 4.78 is 5.51. The second-order valence-electron chi connectivity index (χ2n) is 3.81. The van der Waals surface area contributed by atoms with E-state index in [2.05, 4.69) is 4.98 Å². The van der Waals surface area contributed by atoms with Crippen LogP contribution in [0.4, 0.5) is 5.69 Å². The number of aromatic nitrogens is 1. The highest BCUT2D eigenvalue weighted by Crippen LogP contribution is 2.24. The van der Waals surface area contributed by atoms with Gasteiger partial charge < -0.3 is 15.6 Å². The Labute approximate surface area is 114 Å². The standard InChI is InChI=1S/C13H11ClN2O3/c14-10-6-16-4-3-9(10)7-19-12-2-1-8(13(17)18)5-11(12)15/h1-6H,7,15H2,(H,17,18). The summed E-state index contributed by atoms with van der Waals surface area (Å²) in [4.78, 5) is 14.6. The van der Waals surface area contributed by atoms with Crippen LogP contribution in [0.1, 0.15) is 15.9 Å². The monoisotopic (exact) mass is 278 g/mol. The number of carboxylic acid groups (broad SMARTS) is 1. The first-order valence-corrected chi connectivity index (χ1v) is 5.79. The van der Waals surface area contributed by atoms with Crippen LogP contribution < -0.4 is 10.5 Å². The normalized spacial score (nSPS) is 10.2. The third kappa shape index (κ3) is 3.14. The number of carbonyl (C=O) groups is 1. The smallest absolute Gasteiger partial charge is 0.335 e. The molecule has 2 rings (SSSR count). The minimum absolute atomic E-state index is 0.117. The molecule has 6 heteroatoms. The predicted molar refractivity (Wildman–Crippen MR) is 71.4 cm³/mol. The summed E-state index contributed by atoms with van der Waals surface area (Å²) in [6.45, 7) is 0.234. The fraction of sp³-hybridized carbons (Fsp3) is 0.0769. The topological polar surface area (TPSA) is 85.4 Å². The molecule has 0 aliphatic rings. The average Bonchev–Trinajstić information content (AvgIpc) is 2.39. The van der Waals surface area contributed by atoms with Crippen molar-refractivity contribution >= 4 is 23.3 Å². The van der Waals surface area contributed by atoms with E-state index >= 15 is 0 Å². The van der Waals surface area contributed by atoms with Gasteiger partial charge in [0.05, 0.1) is 16.3 Å². The number of hydrogen-bond acceptors (Lipinski definition) is 4. The highest BCUT2D eigenvalue weighted by molar-refractivity contribution is 6.31. The molecule has 0 aliphatic heterocycles. The van der Waals surface area contributed by atoms with Crippen LogP contribution in [-0.2, 0) is 6.61 Å². The molecule has 2 aromatic rings. The number of nitrogens with two attached hydrogens (primary N) is 1. The zero-order valence-electron chi connectivity index (χ0n) is 9.84. The SMILES string of the molecule is Nc1cc(C(=O)O)ccc1OCc1ccncc1Cl. The molecule has 0 saturated heterocycles. The number of rotatable bonds is 4. The molecule has 1 aromatic heterocycles. The van der Waals surface area contributed by atoms with E-state index in [1.807, 2.05) is 0 Å². The predicted octanol–water partition coefficient (Wildman–Crippen LogP) is 2.59. The highest BCUT2D eigenvalue weighted by Gasteiger charge is 2.08. The number of aromatic carboxylic acids is 1. The lowest BCUT2D eigenvalue weighted by atomic mass is 10.2. The molecule has 98 valence electrons. The van der Waals surface area contributed by atoms with E-state index in [1.165, 1.54) is 24.4 Å². The molecular formula is C13H11ClN2O3. The molecule has 0 atom stereocenters. The van der Waals surface area contributed by atoms with Crippen molar-refractivity contribution in [2.75, 3.05) is 5.73 Å². The second-order valence-corrected chi connectivity index (χ2v) is 4.22. The Kier molecular flexibility index (Phi) is 3.87. The zero-order valence-corrected chi connectivity index (χ0v) is 10.6. The Morgan fingerprint density at radius 2 is 2.21 bits per heavy atom. The van der Waals surface area contributed by atoms with Crippen LogP contribution in [0.15, 0.2) is 36.7 Å². The van der Waals surface area contributed by atoms with Crippen molar-refractivity contribution in [1.29, 1.82) is 0 Å². The van der Waals surface area contributed by atoms with Crippen molar-refractivity contribution in [3.8, 4) is 5.75 Å². The number of carboxylic acids is 1. The average molecular weight is 279 g/mol. The second kappa shape index (κ2) is 5.58. The van der Waals surface area contributed by atoms with Crippen LogP contribution in [0, 0.1) is 0 Å². The van der Waals surface area contributed by atoms with E-state index in [-0.39, 0.29) is 17.9 Å². The van der Waals surface area contributed by atoms with E-state index in [9.17, 15) is 4.79 Å². The molecule has 1 aromatic carbocycles. The molecule has 0 spiro atoms. The van der Waals surface area contributed by atoms with Crippen LogP contribution in [0.3, 0.4) is 0 Å². The summed E-state index contributed by atoms with van der Waals surface area (Å²) in [5, 5.41) is 9.33. The molecule has 0 radical (unpaired) electrons. The van der Waals surface area contributed by atoms with Gasteiger partial charge in [-0.05, 0) is 24.3 Å². The number of ether oxygens (including phenoxy) is 1. The van der Waals surface area contributed by atoms with Gasteiger partial charge in [0.2, 0.25) is 0 Å². The van der Waals surface area contributed by atoms with Crippen LogP contribution >= 0.6 is 11.6 Å². The summed E-state index contributed by atoms with van der Waals surface area (Å²) in [5.41, 5.74) is 6.89.